The standard InChI is InChI=1S/C21H24O4/c22-16-6-1-2-7-17-24-19-13-10-18(11-14-19)12-15-21(23)25-20-8-4-3-5-9-20/h3-5,8-15,22H,1-2,6-7,16-17H2. The van der Waals surface area contributed by atoms with Gasteiger partial charge in [0.1, 0.15) is 11.5 Å². The molecule has 0 amide bonds. The second-order valence-electron chi connectivity index (χ2n) is 5.62. The molecule has 0 atom stereocenters. The van der Waals surface area contributed by atoms with Gasteiger partial charge in [-0.25, -0.2) is 4.79 Å². The van der Waals surface area contributed by atoms with E-state index >= 15 is 0 Å². The van der Waals surface area contributed by atoms with Gasteiger partial charge in [0, 0.05) is 12.7 Å². The molecule has 4 heteroatoms. The number of ether oxygens (including phenoxy) is 2. The lowest BCUT2D eigenvalue weighted by molar-refractivity contribution is -0.128. The number of carbonyl (C=O) groups is 1. The van der Waals surface area contributed by atoms with Crippen molar-refractivity contribution in [3.8, 4) is 11.5 Å². The molecule has 0 radical (unpaired) electrons. The fraction of sp³-hybridized carbons (Fsp3) is 0.286. The van der Waals surface area contributed by atoms with Crippen LogP contribution in [0.25, 0.3) is 6.08 Å². The Bertz CT molecular complexity index is 647. The van der Waals surface area contributed by atoms with Crippen LogP contribution in [0.15, 0.2) is 60.7 Å². The number of para-hydroxylation sites is 1. The number of rotatable bonds is 10. The average Bonchev–Trinajstić information content (AvgIpc) is 2.65. The number of unbranched alkanes of at least 4 members (excludes halogenated alkanes) is 3. The highest BCUT2D eigenvalue weighted by molar-refractivity contribution is 5.88. The summed E-state index contributed by atoms with van der Waals surface area (Å²) in [6.45, 7) is 0.929. The molecule has 0 saturated carbocycles. The largest absolute Gasteiger partial charge is 0.494 e. The lowest BCUT2D eigenvalue weighted by Gasteiger charge is -2.06. The summed E-state index contributed by atoms with van der Waals surface area (Å²) in [4.78, 5) is 11.8. The monoisotopic (exact) mass is 340 g/mol. The van der Waals surface area contributed by atoms with Crippen molar-refractivity contribution in [2.45, 2.75) is 25.7 Å². The molecule has 0 aliphatic rings. The summed E-state index contributed by atoms with van der Waals surface area (Å²) in [5, 5.41) is 8.71. The molecular formula is C21H24O4. The number of esters is 1. The van der Waals surface area contributed by atoms with E-state index in [0.717, 1.165) is 37.0 Å². The third-order valence-electron chi connectivity index (χ3n) is 3.57. The van der Waals surface area contributed by atoms with Gasteiger partial charge in [-0.15, -0.1) is 0 Å². The Morgan fingerprint density at radius 3 is 2.32 bits per heavy atom. The summed E-state index contributed by atoms with van der Waals surface area (Å²) in [6.07, 6.45) is 7.04. The fourth-order valence-corrected chi connectivity index (χ4v) is 2.24. The fourth-order valence-electron chi connectivity index (χ4n) is 2.24. The minimum absolute atomic E-state index is 0.259. The van der Waals surface area contributed by atoms with E-state index in [4.69, 9.17) is 14.6 Å². The summed E-state index contributed by atoms with van der Waals surface area (Å²) in [5.41, 5.74) is 0.903. The summed E-state index contributed by atoms with van der Waals surface area (Å²) in [6, 6.07) is 16.5. The maximum atomic E-state index is 11.8. The van der Waals surface area contributed by atoms with E-state index < -0.39 is 5.97 Å². The first kappa shape index (κ1) is 18.7. The molecule has 1 N–H and O–H groups in total. The molecule has 0 bridgehead atoms. The molecule has 132 valence electrons. The zero-order chi connectivity index (χ0) is 17.7. The lowest BCUT2D eigenvalue weighted by Crippen LogP contribution is -2.03. The third kappa shape index (κ3) is 7.68. The normalized spacial score (nSPS) is 10.8. The number of aliphatic hydroxyl groups excluding tert-OH is 1. The summed E-state index contributed by atoms with van der Waals surface area (Å²) < 4.78 is 10.9. The summed E-state index contributed by atoms with van der Waals surface area (Å²) >= 11 is 0. The van der Waals surface area contributed by atoms with Crippen LogP contribution in [0.2, 0.25) is 0 Å². The number of carbonyl (C=O) groups excluding carboxylic acids is 1. The van der Waals surface area contributed by atoms with Crippen molar-refractivity contribution in [1.29, 1.82) is 0 Å². The predicted molar refractivity (Wildman–Crippen MR) is 98.6 cm³/mol. The van der Waals surface area contributed by atoms with Crippen molar-refractivity contribution < 1.29 is 19.4 Å². The van der Waals surface area contributed by atoms with Crippen molar-refractivity contribution >= 4 is 12.0 Å². The van der Waals surface area contributed by atoms with Gasteiger partial charge < -0.3 is 14.6 Å². The van der Waals surface area contributed by atoms with Crippen LogP contribution in [0.3, 0.4) is 0 Å². The first-order valence-electron chi connectivity index (χ1n) is 8.56. The van der Waals surface area contributed by atoms with Crippen molar-refractivity contribution in [3.63, 3.8) is 0 Å². The SMILES string of the molecule is O=C(C=Cc1ccc(OCCCCCCO)cc1)Oc1ccccc1. The highest BCUT2D eigenvalue weighted by Crippen LogP contribution is 2.14. The van der Waals surface area contributed by atoms with E-state index in [1.807, 2.05) is 42.5 Å². The maximum Gasteiger partial charge on any atom is 0.336 e. The van der Waals surface area contributed by atoms with Gasteiger partial charge in [0.2, 0.25) is 0 Å². The molecule has 0 spiro atoms. The number of benzene rings is 2. The van der Waals surface area contributed by atoms with Crippen LogP contribution in [0.4, 0.5) is 0 Å². The van der Waals surface area contributed by atoms with Crippen LogP contribution >= 0.6 is 0 Å². The number of hydrogen-bond donors (Lipinski definition) is 1. The Morgan fingerprint density at radius 2 is 1.60 bits per heavy atom. The molecule has 2 aromatic carbocycles. The first-order valence-corrected chi connectivity index (χ1v) is 8.56. The van der Waals surface area contributed by atoms with Crippen molar-refractivity contribution in [2.24, 2.45) is 0 Å². The maximum absolute atomic E-state index is 11.8. The summed E-state index contributed by atoms with van der Waals surface area (Å²) in [5.74, 6) is 0.931. The van der Waals surface area contributed by atoms with Crippen molar-refractivity contribution in [3.05, 3.63) is 66.2 Å². The Hall–Kier alpha value is -2.59. The van der Waals surface area contributed by atoms with Crippen LogP contribution in [0, 0.1) is 0 Å². The van der Waals surface area contributed by atoms with Crippen LogP contribution in [0.5, 0.6) is 11.5 Å². The minimum atomic E-state index is -0.408. The van der Waals surface area contributed by atoms with E-state index in [1.54, 1.807) is 18.2 Å². The van der Waals surface area contributed by atoms with Gasteiger partial charge in [0.05, 0.1) is 6.61 Å². The minimum Gasteiger partial charge on any atom is -0.494 e. The molecule has 4 nitrogen and oxygen atoms in total. The van der Waals surface area contributed by atoms with Gasteiger partial charge in [-0.2, -0.15) is 0 Å². The average molecular weight is 340 g/mol. The van der Waals surface area contributed by atoms with E-state index in [-0.39, 0.29) is 6.61 Å². The molecule has 0 heterocycles. The van der Waals surface area contributed by atoms with Crippen LogP contribution in [-0.2, 0) is 4.79 Å². The zero-order valence-electron chi connectivity index (χ0n) is 14.3. The van der Waals surface area contributed by atoms with E-state index in [9.17, 15) is 4.79 Å². The Labute approximate surface area is 148 Å². The molecule has 0 unspecified atom stereocenters. The van der Waals surface area contributed by atoms with Gasteiger partial charge in [-0.1, -0.05) is 36.8 Å². The number of hydrogen-bond acceptors (Lipinski definition) is 4. The lowest BCUT2D eigenvalue weighted by atomic mass is 10.2. The topological polar surface area (TPSA) is 55.8 Å². The van der Waals surface area contributed by atoms with E-state index in [2.05, 4.69) is 0 Å². The second-order valence-corrected chi connectivity index (χ2v) is 5.62. The van der Waals surface area contributed by atoms with Crippen molar-refractivity contribution in [2.75, 3.05) is 13.2 Å². The first-order chi connectivity index (χ1) is 12.3. The zero-order valence-corrected chi connectivity index (χ0v) is 14.3. The Kier molecular flexibility index (Phi) is 8.29. The molecular weight excluding hydrogens is 316 g/mol. The van der Waals surface area contributed by atoms with Gasteiger partial charge in [0.25, 0.3) is 0 Å². The van der Waals surface area contributed by atoms with Gasteiger partial charge in [-0.05, 0) is 55.2 Å². The predicted octanol–water partition coefficient (Wildman–Crippen LogP) is 4.24. The van der Waals surface area contributed by atoms with Crippen LogP contribution in [0.1, 0.15) is 31.2 Å². The highest BCUT2D eigenvalue weighted by Gasteiger charge is 1.99. The van der Waals surface area contributed by atoms with E-state index in [1.165, 1.54) is 6.08 Å². The summed E-state index contributed by atoms with van der Waals surface area (Å²) in [7, 11) is 0. The van der Waals surface area contributed by atoms with Crippen LogP contribution < -0.4 is 9.47 Å². The molecule has 0 fully saturated rings. The molecule has 0 aromatic heterocycles. The quantitative estimate of drug-likeness (QED) is 0.304. The van der Waals surface area contributed by atoms with Gasteiger partial charge >= 0.3 is 5.97 Å². The van der Waals surface area contributed by atoms with Gasteiger partial charge in [0.15, 0.2) is 0 Å². The smallest absolute Gasteiger partial charge is 0.336 e. The molecule has 2 aromatic rings. The van der Waals surface area contributed by atoms with Crippen molar-refractivity contribution in [1.82, 2.24) is 0 Å². The molecule has 0 aliphatic carbocycles. The molecule has 2 rings (SSSR count). The molecule has 0 saturated heterocycles. The van der Waals surface area contributed by atoms with Gasteiger partial charge in [-0.3, -0.25) is 0 Å². The second kappa shape index (κ2) is 11.0. The molecule has 25 heavy (non-hydrogen) atoms. The number of aliphatic hydroxyl groups is 1. The molecule has 0 aliphatic heterocycles. The Balaban J connectivity index is 1.73. The van der Waals surface area contributed by atoms with Crippen LogP contribution in [-0.4, -0.2) is 24.3 Å². The Morgan fingerprint density at radius 1 is 0.880 bits per heavy atom. The van der Waals surface area contributed by atoms with E-state index in [0.29, 0.717) is 12.4 Å². The third-order valence-corrected chi connectivity index (χ3v) is 3.57. The highest BCUT2D eigenvalue weighted by atomic mass is 16.5.